The third-order valence-electron chi connectivity index (χ3n) is 4.51. The quantitative estimate of drug-likeness (QED) is 0.259. The predicted molar refractivity (Wildman–Crippen MR) is 76.7 cm³/mol. The first kappa shape index (κ1) is 19.9. The normalized spacial score (nSPS) is 50.0. The van der Waals surface area contributed by atoms with Crippen LogP contribution < -0.4 is 0 Å². The Morgan fingerprint density at radius 1 is 0.708 bits per heavy atom. The zero-order valence-electron chi connectivity index (χ0n) is 13.3. The number of aliphatic hydroxyl groups is 7. The van der Waals surface area contributed by atoms with Crippen LogP contribution in [0.1, 0.15) is 13.3 Å². The maximum absolute atomic E-state index is 10.3. The molecule has 0 bridgehead atoms. The maximum atomic E-state index is 10.3. The molecule has 10 heteroatoms. The van der Waals surface area contributed by atoms with Crippen LogP contribution in [0.2, 0.25) is 0 Å². The largest absolute Gasteiger partial charge is 0.394 e. The van der Waals surface area contributed by atoms with Gasteiger partial charge in [-0.2, -0.15) is 0 Å². The fourth-order valence-corrected chi connectivity index (χ4v) is 3.00. The van der Waals surface area contributed by atoms with Crippen molar-refractivity contribution < 1.29 is 50.0 Å². The van der Waals surface area contributed by atoms with Gasteiger partial charge in [0.1, 0.15) is 48.8 Å². The molecular weight excluding hydrogens is 328 g/mol. The summed E-state index contributed by atoms with van der Waals surface area (Å²) in [5.41, 5.74) is 0. The van der Waals surface area contributed by atoms with E-state index in [0.717, 1.165) is 0 Å². The van der Waals surface area contributed by atoms with E-state index >= 15 is 0 Å². The van der Waals surface area contributed by atoms with Gasteiger partial charge in [0.05, 0.1) is 19.3 Å². The predicted octanol–water partition coefficient (Wildman–Crippen LogP) is -3.94. The molecule has 0 aromatic rings. The minimum Gasteiger partial charge on any atom is -0.394 e. The Hall–Kier alpha value is -0.400. The Balaban J connectivity index is 2.14. The van der Waals surface area contributed by atoms with Crippen molar-refractivity contribution in [1.29, 1.82) is 0 Å². The van der Waals surface area contributed by atoms with E-state index in [1.54, 1.807) is 6.92 Å². The molecule has 2 aliphatic heterocycles. The van der Waals surface area contributed by atoms with Gasteiger partial charge in [-0.15, -0.1) is 0 Å². The molecule has 2 heterocycles. The standard InChI is InChI=1S/C14H26O10/c1-2-5-9(18)13(10(19)7(4-16)22-5)24-14-12(21)11(20)8(17)6(3-15)23-14/h5-21H,2-4H2,1H3. The lowest BCUT2D eigenvalue weighted by atomic mass is 9.93. The highest BCUT2D eigenvalue weighted by molar-refractivity contribution is 4.95. The third kappa shape index (κ3) is 3.73. The van der Waals surface area contributed by atoms with E-state index in [1.807, 2.05) is 0 Å². The number of aliphatic hydroxyl groups excluding tert-OH is 7. The van der Waals surface area contributed by atoms with E-state index in [2.05, 4.69) is 0 Å². The summed E-state index contributed by atoms with van der Waals surface area (Å²) in [6.07, 6.45) is -12.7. The van der Waals surface area contributed by atoms with Gasteiger partial charge in [0, 0.05) is 0 Å². The molecule has 10 atom stereocenters. The molecule has 0 spiro atoms. The highest BCUT2D eigenvalue weighted by atomic mass is 16.7. The summed E-state index contributed by atoms with van der Waals surface area (Å²) in [6, 6.07) is 0. The second-order valence-corrected chi connectivity index (χ2v) is 6.08. The van der Waals surface area contributed by atoms with Gasteiger partial charge >= 0.3 is 0 Å². The Morgan fingerprint density at radius 3 is 1.79 bits per heavy atom. The fraction of sp³-hybridized carbons (Fsp3) is 1.00. The minimum atomic E-state index is -1.65. The maximum Gasteiger partial charge on any atom is 0.187 e. The van der Waals surface area contributed by atoms with Crippen LogP contribution in [0.15, 0.2) is 0 Å². The molecule has 0 saturated carbocycles. The second kappa shape index (κ2) is 8.32. The van der Waals surface area contributed by atoms with Crippen molar-refractivity contribution in [1.82, 2.24) is 0 Å². The van der Waals surface area contributed by atoms with Crippen LogP contribution in [0.25, 0.3) is 0 Å². The molecule has 0 aromatic heterocycles. The molecule has 0 amide bonds. The van der Waals surface area contributed by atoms with Gasteiger partial charge in [0.15, 0.2) is 6.29 Å². The summed E-state index contributed by atoms with van der Waals surface area (Å²) >= 11 is 0. The number of hydrogen-bond donors (Lipinski definition) is 7. The SMILES string of the molecule is CCC1OC(CO)C(O)C(OC2OC(CO)C(O)C(O)C2O)C1O. The Kier molecular flexibility index (Phi) is 6.90. The molecule has 2 rings (SSSR count). The topological polar surface area (TPSA) is 169 Å². The Bertz CT molecular complexity index is 378. The van der Waals surface area contributed by atoms with Crippen molar-refractivity contribution in [3.05, 3.63) is 0 Å². The van der Waals surface area contributed by atoms with Crippen LogP contribution in [0.4, 0.5) is 0 Å². The number of rotatable bonds is 5. The fourth-order valence-electron chi connectivity index (χ4n) is 3.00. The number of hydrogen-bond acceptors (Lipinski definition) is 10. The molecule has 2 aliphatic rings. The van der Waals surface area contributed by atoms with Crippen LogP contribution in [-0.2, 0) is 14.2 Å². The molecule has 7 N–H and O–H groups in total. The monoisotopic (exact) mass is 354 g/mol. The van der Waals surface area contributed by atoms with E-state index in [-0.39, 0.29) is 0 Å². The van der Waals surface area contributed by atoms with Gasteiger partial charge in [-0.1, -0.05) is 6.92 Å². The Labute approximate surface area is 138 Å². The highest BCUT2D eigenvalue weighted by Gasteiger charge is 2.50. The third-order valence-corrected chi connectivity index (χ3v) is 4.51. The summed E-state index contributed by atoms with van der Waals surface area (Å²) in [5, 5.41) is 68.4. The molecule has 2 fully saturated rings. The summed E-state index contributed by atoms with van der Waals surface area (Å²) in [6.45, 7) is 0.615. The summed E-state index contributed by atoms with van der Waals surface area (Å²) in [4.78, 5) is 0. The molecule has 0 radical (unpaired) electrons. The first-order valence-corrected chi connectivity index (χ1v) is 7.94. The first-order valence-electron chi connectivity index (χ1n) is 7.94. The highest BCUT2D eigenvalue weighted by Crippen LogP contribution is 2.29. The van der Waals surface area contributed by atoms with Crippen LogP contribution in [0.5, 0.6) is 0 Å². The van der Waals surface area contributed by atoms with Crippen molar-refractivity contribution in [3.63, 3.8) is 0 Å². The first-order chi connectivity index (χ1) is 11.3. The van der Waals surface area contributed by atoms with Gasteiger partial charge in [-0.25, -0.2) is 0 Å². The van der Waals surface area contributed by atoms with Crippen LogP contribution >= 0.6 is 0 Å². The molecule has 24 heavy (non-hydrogen) atoms. The van der Waals surface area contributed by atoms with E-state index in [1.165, 1.54) is 0 Å². The molecule has 10 nitrogen and oxygen atoms in total. The zero-order valence-corrected chi connectivity index (χ0v) is 13.3. The lowest BCUT2D eigenvalue weighted by Gasteiger charge is -2.46. The lowest BCUT2D eigenvalue weighted by molar-refractivity contribution is -0.341. The second-order valence-electron chi connectivity index (χ2n) is 6.08. The van der Waals surface area contributed by atoms with Gasteiger partial charge < -0.3 is 50.0 Å². The summed E-state index contributed by atoms with van der Waals surface area (Å²) in [5.74, 6) is 0. The zero-order chi connectivity index (χ0) is 18.0. The number of ether oxygens (including phenoxy) is 3. The van der Waals surface area contributed by atoms with E-state index in [4.69, 9.17) is 19.3 Å². The van der Waals surface area contributed by atoms with Gasteiger partial charge in [-0.3, -0.25) is 0 Å². The lowest BCUT2D eigenvalue weighted by Crippen LogP contribution is -2.64. The summed E-state index contributed by atoms with van der Waals surface area (Å²) < 4.78 is 16.0. The van der Waals surface area contributed by atoms with Crippen molar-refractivity contribution >= 4 is 0 Å². The van der Waals surface area contributed by atoms with Crippen molar-refractivity contribution in [2.75, 3.05) is 13.2 Å². The van der Waals surface area contributed by atoms with E-state index < -0.39 is 74.4 Å². The molecule has 10 unspecified atom stereocenters. The van der Waals surface area contributed by atoms with E-state index in [0.29, 0.717) is 6.42 Å². The van der Waals surface area contributed by atoms with Gasteiger partial charge in [0.25, 0.3) is 0 Å². The van der Waals surface area contributed by atoms with Gasteiger partial charge in [-0.05, 0) is 6.42 Å². The van der Waals surface area contributed by atoms with Crippen molar-refractivity contribution in [2.45, 2.75) is 74.6 Å². The smallest absolute Gasteiger partial charge is 0.187 e. The molecular formula is C14H26O10. The molecule has 2 saturated heterocycles. The Morgan fingerprint density at radius 2 is 1.25 bits per heavy atom. The molecule has 142 valence electrons. The van der Waals surface area contributed by atoms with Crippen molar-refractivity contribution in [2.24, 2.45) is 0 Å². The van der Waals surface area contributed by atoms with Crippen molar-refractivity contribution in [3.8, 4) is 0 Å². The minimum absolute atomic E-state index is 0.388. The van der Waals surface area contributed by atoms with Crippen LogP contribution in [0, 0.1) is 0 Å². The van der Waals surface area contributed by atoms with Crippen LogP contribution in [0.3, 0.4) is 0 Å². The summed E-state index contributed by atoms with van der Waals surface area (Å²) in [7, 11) is 0. The average Bonchev–Trinajstić information content (AvgIpc) is 2.58. The van der Waals surface area contributed by atoms with Gasteiger partial charge in [0.2, 0.25) is 0 Å². The van der Waals surface area contributed by atoms with E-state index in [9.17, 15) is 30.6 Å². The average molecular weight is 354 g/mol. The van der Waals surface area contributed by atoms with Crippen LogP contribution in [-0.4, -0.2) is 110 Å². The molecule has 0 aromatic carbocycles. The molecule has 0 aliphatic carbocycles.